The third-order valence-electron chi connectivity index (χ3n) is 3.45. The maximum atomic E-state index is 11.9. The van der Waals surface area contributed by atoms with Gasteiger partial charge in [0.1, 0.15) is 18.1 Å². The molecule has 19 heavy (non-hydrogen) atoms. The Kier molecular flexibility index (Phi) is 4.54. The molecule has 0 unspecified atom stereocenters. The average molecular weight is 264 g/mol. The topological polar surface area (TPSA) is 76.0 Å². The van der Waals surface area contributed by atoms with E-state index in [-0.39, 0.29) is 18.5 Å². The van der Waals surface area contributed by atoms with E-state index in [1.807, 2.05) is 0 Å². The lowest BCUT2D eigenvalue weighted by Crippen LogP contribution is -2.38. The number of aldehydes is 1. The van der Waals surface area contributed by atoms with Crippen LogP contribution in [0.5, 0.6) is 0 Å². The zero-order valence-corrected chi connectivity index (χ0v) is 11.2. The Morgan fingerprint density at radius 3 is 2.84 bits per heavy atom. The molecule has 6 heteroatoms. The quantitative estimate of drug-likeness (QED) is 0.783. The summed E-state index contributed by atoms with van der Waals surface area (Å²) in [4.78, 5) is 22.8. The molecule has 6 nitrogen and oxygen atoms in total. The van der Waals surface area contributed by atoms with Gasteiger partial charge < -0.3 is 10.6 Å². The van der Waals surface area contributed by atoms with Crippen LogP contribution in [-0.4, -0.2) is 35.1 Å². The molecule has 0 aliphatic heterocycles. The van der Waals surface area contributed by atoms with Gasteiger partial charge in [0.25, 0.3) is 0 Å². The maximum absolute atomic E-state index is 11.9. The lowest BCUT2D eigenvalue weighted by Gasteiger charge is -2.22. The van der Waals surface area contributed by atoms with E-state index >= 15 is 0 Å². The van der Waals surface area contributed by atoms with E-state index in [9.17, 15) is 9.59 Å². The molecule has 1 amide bonds. The fraction of sp³-hybridized carbons (Fsp3) is 0.615. The van der Waals surface area contributed by atoms with Gasteiger partial charge in [-0.25, -0.2) is 0 Å². The molecule has 0 radical (unpaired) electrons. The van der Waals surface area contributed by atoms with Crippen LogP contribution >= 0.6 is 0 Å². The first-order chi connectivity index (χ1) is 9.22. The van der Waals surface area contributed by atoms with Crippen LogP contribution in [0.4, 0.5) is 5.82 Å². The van der Waals surface area contributed by atoms with E-state index in [2.05, 4.69) is 15.7 Å². The summed E-state index contributed by atoms with van der Waals surface area (Å²) in [5.74, 6) is 0.508. The van der Waals surface area contributed by atoms with Gasteiger partial charge in [-0.1, -0.05) is 19.3 Å². The summed E-state index contributed by atoms with van der Waals surface area (Å²) in [7, 11) is 1.73. The molecular weight excluding hydrogens is 244 g/mol. The largest absolute Gasteiger partial charge is 0.372 e. The predicted octanol–water partition coefficient (Wildman–Crippen LogP) is 1.19. The highest BCUT2D eigenvalue weighted by molar-refractivity contribution is 5.79. The zero-order chi connectivity index (χ0) is 13.7. The number of anilines is 1. The van der Waals surface area contributed by atoms with Crippen molar-refractivity contribution < 1.29 is 9.59 Å². The number of hydrogen-bond donors (Lipinski definition) is 2. The van der Waals surface area contributed by atoms with Gasteiger partial charge in [-0.2, -0.15) is 5.10 Å². The predicted molar refractivity (Wildman–Crippen MR) is 72.2 cm³/mol. The van der Waals surface area contributed by atoms with E-state index < -0.39 is 0 Å². The third kappa shape index (κ3) is 3.56. The molecule has 1 aliphatic carbocycles. The minimum atomic E-state index is -0.0826. The summed E-state index contributed by atoms with van der Waals surface area (Å²) in [5.41, 5.74) is 0.406. The minimum Gasteiger partial charge on any atom is -0.372 e. The molecule has 0 spiro atoms. The molecule has 1 saturated carbocycles. The Bertz CT molecular complexity index is 449. The number of nitrogens with zero attached hydrogens (tertiary/aromatic N) is 2. The van der Waals surface area contributed by atoms with E-state index in [0.29, 0.717) is 17.8 Å². The summed E-state index contributed by atoms with van der Waals surface area (Å²) in [6.07, 6.45) is 6.42. The molecule has 104 valence electrons. The van der Waals surface area contributed by atoms with Gasteiger partial charge in [0, 0.05) is 19.2 Å². The Balaban J connectivity index is 1.93. The van der Waals surface area contributed by atoms with Crippen molar-refractivity contribution >= 4 is 18.0 Å². The van der Waals surface area contributed by atoms with E-state index in [0.717, 1.165) is 12.8 Å². The molecule has 1 fully saturated rings. The van der Waals surface area contributed by atoms with E-state index in [1.165, 1.54) is 23.9 Å². The Hall–Kier alpha value is -1.85. The average Bonchev–Trinajstić information content (AvgIpc) is 2.82. The van der Waals surface area contributed by atoms with Crippen LogP contribution < -0.4 is 10.6 Å². The third-order valence-corrected chi connectivity index (χ3v) is 3.45. The SMILES string of the molecule is CNc1cc(C=O)n(CC(=O)NC2CCCCC2)n1. The molecule has 2 N–H and O–H groups in total. The number of aromatic nitrogens is 2. The second kappa shape index (κ2) is 6.36. The Morgan fingerprint density at radius 1 is 1.47 bits per heavy atom. The number of carbonyl (C=O) groups excluding carboxylic acids is 2. The maximum Gasteiger partial charge on any atom is 0.241 e. The molecular formula is C13H20N4O2. The Morgan fingerprint density at radius 2 is 2.21 bits per heavy atom. The van der Waals surface area contributed by atoms with Crippen LogP contribution in [0, 0.1) is 0 Å². The molecule has 1 aromatic rings. The number of carbonyl (C=O) groups is 2. The molecule has 1 aromatic heterocycles. The fourth-order valence-electron chi connectivity index (χ4n) is 2.43. The van der Waals surface area contributed by atoms with Crippen molar-refractivity contribution in [3.8, 4) is 0 Å². The number of amides is 1. The zero-order valence-electron chi connectivity index (χ0n) is 11.2. The van der Waals surface area contributed by atoms with Crippen molar-refractivity contribution in [2.45, 2.75) is 44.7 Å². The smallest absolute Gasteiger partial charge is 0.241 e. The van der Waals surface area contributed by atoms with Crippen LogP contribution in [0.3, 0.4) is 0 Å². The minimum absolute atomic E-state index is 0.0826. The summed E-state index contributed by atoms with van der Waals surface area (Å²) in [6.45, 7) is 0.0895. The van der Waals surface area contributed by atoms with Gasteiger partial charge in [0.2, 0.25) is 5.91 Å². The van der Waals surface area contributed by atoms with Crippen molar-refractivity contribution in [2.75, 3.05) is 12.4 Å². The first kappa shape index (κ1) is 13.6. The molecule has 0 aromatic carbocycles. The lowest BCUT2D eigenvalue weighted by atomic mass is 9.95. The summed E-state index contributed by atoms with van der Waals surface area (Å²) >= 11 is 0. The molecule has 0 saturated heterocycles. The summed E-state index contributed by atoms with van der Waals surface area (Å²) in [6, 6.07) is 1.90. The van der Waals surface area contributed by atoms with Gasteiger partial charge in [0.15, 0.2) is 6.29 Å². The second-order valence-electron chi connectivity index (χ2n) is 4.88. The van der Waals surface area contributed by atoms with Gasteiger partial charge in [-0.05, 0) is 12.8 Å². The first-order valence-corrected chi connectivity index (χ1v) is 6.73. The molecule has 0 bridgehead atoms. The van der Waals surface area contributed by atoms with Crippen molar-refractivity contribution in [2.24, 2.45) is 0 Å². The van der Waals surface area contributed by atoms with E-state index in [1.54, 1.807) is 13.1 Å². The second-order valence-corrected chi connectivity index (χ2v) is 4.88. The summed E-state index contributed by atoms with van der Waals surface area (Å²) < 4.78 is 1.43. The van der Waals surface area contributed by atoms with Crippen LogP contribution in [0.25, 0.3) is 0 Å². The fourth-order valence-corrected chi connectivity index (χ4v) is 2.43. The van der Waals surface area contributed by atoms with Crippen molar-refractivity contribution in [3.63, 3.8) is 0 Å². The number of nitrogens with one attached hydrogen (secondary N) is 2. The number of hydrogen-bond acceptors (Lipinski definition) is 4. The van der Waals surface area contributed by atoms with Gasteiger partial charge in [-0.15, -0.1) is 0 Å². The highest BCUT2D eigenvalue weighted by Crippen LogP contribution is 2.17. The van der Waals surface area contributed by atoms with Crippen molar-refractivity contribution in [3.05, 3.63) is 11.8 Å². The Labute approximate surface area is 112 Å². The van der Waals surface area contributed by atoms with E-state index in [4.69, 9.17) is 0 Å². The van der Waals surface area contributed by atoms with Crippen molar-refractivity contribution in [1.82, 2.24) is 15.1 Å². The molecule has 1 heterocycles. The summed E-state index contributed by atoms with van der Waals surface area (Å²) in [5, 5.41) is 10.0. The molecule has 0 atom stereocenters. The van der Waals surface area contributed by atoms with Gasteiger partial charge in [-0.3, -0.25) is 14.3 Å². The monoisotopic (exact) mass is 264 g/mol. The first-order valence-electron chi connectivity index (χ1n) is 6.73. The normalized spacial score (nSPS) is 16.1. The number of rotatable bonds is 5. The standard InChI is InChI=1S/C13H20N4O2/c1-14-12-7-11(9-18)17(16-12)8-13(19)15-10-5-3-2-4-6-10/h7,9-10H,2-6,8H2,1H3,(H,14,16)(H,15,19). The van der Waals surface area contributed by atoms with Gasteiger partial charge in [0.05, 0.1) is 0 Å². The van der Waals surface area contributed by atoms with Crippen LogP contribution in [0.2, 0.25) is 0 Å². The highest BCUT2D eigenvalue weighted by Gasteiger charge is 2.17. The van der Waals surface area contributed by atoms with Crippen molar-refractivity contribution in [1.29, 1.82) is 0 Å². The van der Waals surface area contributed by atoms with Crippen LogP contribution in [-0.2, 0) is 11.3 Å². The molecule has 2 rings (SSSR count). The molecule has 1 aliphatic rings. The van der Waals surface area contributed by atoms with Gasteiger partial charge >= 0.3 is 0 Å². The van der Waals surface area contributed by atoms with Crippen LogP contribution in [0.1, 0.15) is 42.6 Å². The highest BCUT2D eigenvalue weighted by atomic mass is 16.2. The van der Waals surface area contributed by atoms with Crippen LogP contribution in [0.15, 0.2) is 6.07 Å². The lowest BCUT2D eigenvalue weighted by molar-refractivity contribution is -0.122.